The van der Waals surface area contributed by atoms with Crippen LogP contribution in [0, 0.1) is 12.8 Å². The molecule has 0 bridgehead atoms. The molecule has 13 nitrogen and oxygen atoms in total. The number of carbonyl (C=O) groups is 1. The number of carbonyl (C=O) groups excluding carboxylic acids is 1. The number of nitrogens with two attached hydrogens (primary N) is 2. The molecule has 1 atom stereocenters. The number of rotatable bonds is 11. The first-order chi connectivity index (χ1) is 25.3. The largest absolute Gasteiger partial charge is 0.493 e. The maximum absolute atomic E-state index is 13.9. The molecule has 0 saturated carbocycles. The molecular weight excluding hydrogens is 685 g/mol. The summed E-state index contributed by atoms with van der Waals surface area (Å²) in [4.78, 5) is 33.2. The van der Waals surface area contributed by atoms with Gasteiger partial charge in [-0.15, -0.1) is 21.5 Å². The van der Waals surface area contributed by atoms with Crippen LogP contribution in [0.3, 0.4) is 0 Å². The molecule has 1 amide bonds. The number of nitrogen functional groups attached to an aromatic ring is 1. The van der Waals surface area contributed by atoms with E-state index in [0.29, 0.717) is 85.9 Å². The number of methoxy groups -OCH3 is 1. The van der Waals surface area contributed by atoms with Crippen molar-refractivity contribution in [2.75, 3.05) is 52.5 Å². The van der Waals surface area contributed by atoms with Crippen molar-refractivity contribution in [2.24, 2.45) is 11.7 Å². The van der Waals surface area contributed by atoms with Crippen molar-refractivity contribution in [1.82, 2.24) is 19.7 Å². The van der Waals surface area contributed by atoms with Crippen LogP contribution in [0.1, 0.15) is 28.1 Å². The van der Waals surface area contributed by atoms with Crippen molar-refractivity contribution in [3.05, 3.63) is 81.6 Å². The minimum absolute atomic E-state index is 0.123. The van der Waals surface area contributed by atoms with E-state index in [4.69, 9.17) is 35.2 Å². The molecule has 4 N–H and O–H groups in total. The molecule has 2 aliphatic rings. The lowest BCUT2D eigenvalue weighted by Crippen LogP contribution is -2.33. The highest BCUT2D eigenvalue weighted by molar-refractivity contribution is 7.15. The SMILES string of the molecule is COc1cc(-c2cnc(N)c(-c3ccc(-c4c(C(N)=O)c(=O)c(-c5ccc(C)s5)cn4CC4CCOCC4)nn3)c2)ccc1OC[C@H]1COCCO1. The second kappa shape index (κ2) is 15.6. The summed E-state index contributed by atoms with van der Waals surface area (Å²) in [7, 11) is 1.58. The van der Waals surface area contributed by atoms with Crippen molar-refractivity contribution < 1.29 is 28.5 Å². The van der Waals surface area contributed by atoms with E-state index in [-0.39, 0.29) is 23.4 Å². The normalized spacial score (nSPS) is 16.5. The summed E-state index contributed by atoms with van der Waals surface area (Å²) in [6, 6.07) is 14.8. The number of nitrogens with zero attached hydrogens (tertiary/aromatic N) is 4. The van der Waals surface area contributed by atoms with E-state index in [9.17, 15) is 9.59 Å². The number of hydrogen-bond donors (Lipinski definition) is 2. The van der Waals surface area contributed by atoms with Crippen molar-refractivity contribution in [2.45, 2.75) is 32.4 Å². The second-order valence-electron chi connectivity index (χ2n) is 12.8. The number of amides is 1. The van der Waals surface area contributed by atoms with E-state index in [0.717, 1.165) is 33.7 Å². The fourth-order valence-electron chi connectivity index (χ4n) is 6.50. The Morgan fingerprint density at radius 3 is 2.46 bits per heavy atom. The first-order valence-corrected chi connectivity index (χ1v) is 17.9. The van der Waals surface area contributed by atoms with E-state index in [1.165, 1.54) is 11.3 Å². The van der Waals surface area contributed by atoms with Crippen LogP contribution in [0.4, 0.5) is 5.82 Å². The molecule has 0 aliphatic carbocycles. The molecule has 0 unspecified atom stereocenters. The average molecular weight is 725 g/mol. The Hall–Kier alpha value is -5.15. The molecule has 14 heteroatoms. The quantitative estimate of drug-likeness (QED) is 0.188. The number of aryl methyl sites for hydroxylation is 1. The van der Waals surface area contributed by atoms with Gasteiger partial charge in [-0.3, -0.25) is 9.59 Å². The zero-order chi connectivity index (χ0) is 36.2. The zero-order valence-electron chi connectivity index (χ0n) is 29.0. The number of ether oxygens (including phenoxy) is 5. The first-order valence-electron chi connectivity index (χ1n) is 17.1. The van der Waals surface area contributed by atoms with Gasteiger partial charge in [0, 0.05) is 53.0 Å². The third-order valence-electron chi connectivity index (χ3n) is 9.24. The van der Waals surface area contributed by atoms with Crippen LogP contribution in [-0.2, 0) is 20.8 Å². The predicted octanol–water partition coefficient (Wildman–Crippen LogP) is 4.98. The predicted molar refractivity (Wildman–Crippen MR) is 198 cm³/mol. The highest BCUT2D eigenvalue weighted by atomic mass is 32.1. The van der Waals surface area contributed by atoms with Gasteiger partial charge in [-0.25, -0.2) is 4.98 Å². The van der Waals surface area contributed by atoms with Crippen LogP contribution in [0.15, 0.2) is 65.7 Å². The number of hydrogen-bond acceptors (Lipinski definition) is 12. The molecule has 2 aliphatic heterocycles. The van der Waals surface area contributed by atoms with Crippen LogP contribution in [0.25, 0.3) is 44.2 Å². The third kappa shape index (κ3) is 7.55. The molecule has 2 saturated heterocycles. The molecule has 5 aromatic rings. The zero-order valence-corrected chi connectivity index (χ0v) is 29.8. The van der Waals surface area contributed by atoms with Gasteiger partial charge in [0.1, 0.15) is 29.8 Å². The maximum Gasteiger partial charge on any atom is 0.254 e. The van der Waals surface area contributed by atoms with Crippen LogP contribution in [-0.4, -0.2) is 78.5 Å². The van der Waals surface area contributed by atoms with E-state index in [1.54, 1.807) is 25.4 Å². The molecule has 4 aromatic heterocycles. The summed E-state index contributed by atoms with van der Waals surface area (Å²) in [5.41, 5.74) is 15.4. The van der Waals surface area contributed by atoms with Crippen molar-refractivity contribution >= 4 is 23.1 Å². The summed E-state index contributed by atoms with van der Waals surface area (Å²) in [5.74, 6) is 0.835. The second-order valence-corrected chi connectivity index (χ2v) is 14.1. The Balaban J connectivity index is 1.22. The topological polar surface area (TPSA) is 176 Å². The number of aromatic nitrogens is 4. The van der Waals surface area contributed by atoms with Crippen LogP contribution in [0.5, 0.6) is 11.5 Å². The lowest BCUT2D eigenvalue weighted by molar-refractivity contribution is -0.101. The van der Waals surface area contributed by atoms with Gasteiger partial charge >= 0.3 is 0 Å². The molecule has 52 heavy (non-hydrogen) atoms. The number of primary amides is 1. The smallest absolute Gasteiger partial charge is 0.254 e. The standard InChI is InChI=1S/C38H40N6O7S/c1-22-3-8-33(52-22)28-19-44(18-23-9-11-48-12-10-23)35(34(36(28)45)38(40)46)30-6-5-29(42-43-30)27-15-25(17-41-37(27)39)24-4-7-31(32(16-24)47-2)51-21-26-20-49-13-14-50-26/h3-8,15-17,19,23,26H,9-14,18,20-21H2,1-2H3,(H2,39,41)(H2,40,46)/t26-/m1/s1. The van der Waals surface area contributed by atoms with Gasteiger partial charge in [-0.2, -0.15) is 0 Å². The lowest BCUT2D eigenvalue weighted by Gasteiger charge is -2.25. The minimum atomic E-state index is -0.828. The first kappa shape index (κ1) is 35.3. The number of anilines is 1. The fraction of sp³-hybridized carbons (Fsp3) is 0.342. The molecule has 6 heterocycles. The Morgan fingerprint density at radius 1 is 0.962 bits per heavy atom. The lowest BCUT2D eigenvalue weighted by atomic mass is 9.98. The Labute approximate surface area is 304 Å². The van der Waals surface area contributed by atoms with Crippen molar-refractivity contribution in [1.29, 1.82) is 0 Å². The van der Waals surface area contributed by atoms with Crippen molar-refractivity contribution in [3.8, 4) is 55.7 Å². The summed E-state index contributed by atoms with van der Waals surface area (Å²) < 4.78 is 30.3. The van der Waals surface area contributed by atoms with Gasteiger partial charge in [-0.05, 0) is 73.7 Å². The van der Waals surface area contributed by atoms with Gasteiger partial charge in [0.05, 0.1) is 43.9 Å². The molecule has 1 aromatic carbocycles. The minimum Gasteiger partial charge on any atom is -0.493 e. The average Bonchev–Trinajstić information content (AvgIpc) is 3.61. The van der Waals surface area contributed by atoms with Gasteiger partial charge in [-0.1, -0.05) is 6.07 Å². The Morgan fingerprint density at radius 2 is 1.77 bits per heavy atom. The Kier molecular flexibility index (Phi) is 10.6. The van der Waals surface area contributed by atoms with E-state index < -0.39 is 11.3 Å². The van der Waals surface area contributed by atoms with E-state index in [1.807, 2.05) is 54.1 Å². The summed E-state index contributed by atoms with van der Waals surface area (Å²) >= 11 is 1.49. The fourth-order valence-corrected chi connectivity index (χ4v) is 7.37. The molecule has 0 radical (unpaired) electrons. The third-order valence-corrected chi connectivity index (χ3v) is 10.3. The summed E-state index contributed by atoms with van der Waals surface area (Å²) in [6.45, 7) is 5.77. The van der Waals surface area contributed by atoms with Gasteiger partial charge in [0.2, 0.25) is 5.43 Å². The van der Waals surface area contributed by atoms with Crippen LogP contribution in [0.2, 0.25) is 0 Å². The molecule has 7 rings (SSSR count). The van der Waals surface area contributed by atoms with Gasteiger partial charge in [0.15, 0.2) is 11.5 Å². The van der Waals surface area contributed by atoms with E-state index >= 15 is 0 Å². The molecule has 270 valence electrons. The summed E-state index contributed by atoms with van der Waals surface area (Å²) in [5, 5.41) is 9.05. The number of pyridine rings is 2. The van der Waals surface area contributed by atoms with Gasteiger partial charge in [0.25, 0.3) is 5.91 Å². The summed E-state index contributed by atoms with van der Waals surface area (Å²) in [6.07, 6.45) is 5.05. The Bertz CT molecular complexity index is 2120. The molecule has 2 fully saturated rings. The van der Waals surface area contributed by atoms with Crippen molar-refractivity contribution in [3.63, 3.8) is 0 Å². The van der Waals surface area contributed by atoms with E-state index in [2.05, 4.69) is 15.2 Å². The van der Waals surface area contributed by atoms with Gasteiger partial charge < -0.3 is 39.7 Å². The maximum atomic E-state index is 13.9. The molecular formula is C38H40N6O7S. The monoisotopic (exact) mass is 724 g/mol. The highest BCUT2D eigenvalue weighted by Crippen LogP contribution is 2.36. The van der Waals surface area contributed by atoms with Crippen LogP contribution < -0.4 is 26.4 Å². The number of thiophene rings is 1. The number of benzene rings is 1. The molecule has 0 spiro atoms. The highest BCUT2D eigenvalue weighted by Gasteiger charge is 2.26. The van der Waals surface area contributed by atoms with Crippen LogP contribution >= 0.6 is 11.3 Å².